The molecular weight excluding hydrogens is 350 g/mol. The Kier molecular flexibility index (Phi) is 4.21. The van der Waals surface area contributed by atoms with Gasteiger partial charge in [0.1, 0.15) is 5.75 Å². The van der Waals surface area contributed by atoms with Crippen molar-refractivity contribution >= 4 is 15.9 Å². The second-order valence-corrected chi connectivity index (χ2v) is 9.25. The molecule has 126 valence electrons. The topological polar surface area (TPSA) is 21.3 Å². The summed E-state index contributed by atoms with van der Waals surface area (Å²) in [6.45, 7) is 3.32. The van der Waals surface area contributed by atoms with Gasteiger partial charge in [0.05, 0.1) is 7.11 Å². The summed E-state index contributed by atoms with van der Waals surface area (Å²) in [5.41, 5.74) is 1.81. The normalized spacial score (nSPS) is 36.2. The van der Waals surface area contributed by atoms with Crippen LogP contribution >= 0.6 is 15.9 Å². The molecule has 4 fully saturated rings. The second kappa shape index (κ2) is 6.07. The Morgan fingerprint density at radius 3 is 2.35 bits per heavy atom. The van der Waals surface area contributed by atoms with Crippen LogP contribution in [0.4, 0.5) is 0 Å². The summed E-state index contributed by atoms with van der Waals surface area (Å²) >= 11 is 3.58. The number of hydrogen-bond donors (Lipinski definition) is 1. The zero-order valence-corrected chi connectivity index (χ0v) is 15.9. The lowest BCUT2D eigenvalue weighted by atomic mass is 9.48. The fraction of sp³-hybridized carbons (Fsp3) is 0.700. The van der Waals surface area contributed by atoms with Crippen molar-refractivity contribution in [1.82, 2.24) is 5.32 Å². The number of nitrogens with one attached hydrogen (secondary N) is 1. The van der Waals surface area contributed by atoms with Crippen molar-refractivity contribution in [2.24, 2.45) is 23.2 Å². The summed E-state index contributed by atoms with van der Waals surface area (Å²) in [5.74, 6) is 4.04. The predicted molar refractivity (Wildman–Crippen MR) is 97.6 cm³/mol. The van der Waals surface area contributed by atoms with Crippen LogP contribution in [0.3, 0.4) is 0 Å². The van der Waals surface area contributed by atoms with Crippen LogP contribution in [0.5, 0.6) is 5.75 Å². The standard InChI is InChI=1S/C20H28BrNO/c1-13(22-12-17-8-18(21)3-4-19(17)23-2)20-9-14-5-15(10-20)7-16(6-14)11-20/h3-4,8,13-16,22H,5-7,9-12H2,1-2H3. The first-order valence-electron chi connectivity index (χ1n) is 9.14. The summed E-state index contributed by atoms with van der Waals surface area (Å²) in [6, 6.07) is 6.87. The van der Waals surface area contributed by atoms with E-state index < -0.39 is 0 Å². The average Bonchev–Trinajstić information content (AvgIpc) is 2.51. The van der Waals surface area contributed by atoms with Gasteiger partial charge < -0.3 is 10.1 Å². The molecule has 0 spiro atoms. The highest BCUT2D eigenvalue weighted by Crippen LogP contribution is 2.61. The second-order valence-electron chi connectivity index (χ2n) is 8.34. The highest BCUT2D eigenvalue weighted by molar-refractivity contribution is 9.10. The fourth-order valence-electron chi connectivity index (χ4n) is 6.07. The van der Waals surface area contributed by atoms with E-state index in [1.165, 1.54) is 44.1 Å². The van der Waals surface area contributed by atoms with Crippen LogP contribution < -0.4 is 10.1 Å². The van der Waals surface area contributed by atoms with Gasteiger partial charge in [-0.25, -0.2) is 0 Å². The van der Waals surface area contributed by atoms with Gasteiger partial charge in [0.2, 0.25) is 0 Å². The molecule has 1 aromatic carbocycles. The number of rotatable bonds is 5. The zero-order valence-electron chi connectivity index (χ0n) is 14.3. The minimum atomic E-state index is 0.563. The average molecular weight is 378 g/mol. The van der Waals surface area contributed by atoms with E-state index in [1.54, 1.807) is 7.11 Å². The minimum absolute atomic E-state index is 0.563. The Hall–Kier alpha value is -0.540. The minimum Gasteiger partial charge on any atom is -0.496 e. The molecular formula is C20H28BrNO. The molecule has 0 radical (unpaired) electrons. The molecule has 0 amide bonds. The molecule has 4 aliphatic carbocycles. The van der Waals surface area contributed by atoms with E-state index in [-0.39, 0.29) is 0 Å². The van der Waals surface area contributed by atoms with Gasteiger partial charge in [0, 0.05) is 22.6 Å². The summed E-state index contributed by atoms with van der Waals surface area (Å²) in [4.78, 5) is 0. The third-order valence-corrected chi connectivity index (χ3v) is 7.34. The number of hydrogen-bond acceptors (Lipinski definition) is 2. The monoisotopic (exact) mass is 377 g/mol. The van der Waals surface area contributed by atoms with Crippen molar-refractivity contribution in [2.75, 3.05) is 7.11 Å². The summed E-state index contributed by atoms with van der Waals surface area (Å²) < 4.78 is 6.64. The molecule has 1 unspecified atom stereocenters. The van der Waals surface area contributed by atoms with Crippen LogP contribution in [-0.4, -0.2) is 13.2 Å². The lowest BCUT2D eigenvalue weighted by molar-refractivity contribution is -0.0706. The molecule has 1 atom stereocenters. The first-order valence-corrected chi connectivity index (χ1v) is 9.93. The van der Waals surface area contributed by atoms with Crippen LogP contribution in [0.1, 0.15) is 51.0 Å². The van der Waals surface area contributed by atoms with E-state index in [2.05, 4.69) is 40.3 Å². The highest BCUT2D eigenvalue weighted by atomic mass is 79.9. The lowest BCUT2D eigenvalue weighted by Gasteiger charge is -2.59. The lowest BCUT2D eigenvalue weighted by Crippen LogP contribution is -2.54. The van der Waals surface area contributed by atoms with Crippen LogP contribution in [0.25, 0.3) is 0 Å². The van der Waals surface area contributed by atoms with Crippen LogP contribution in [0.15, 0.2) is 22.7 Å². The van der Waals surface area contributed by atoms with Gasteiger partial charge >= 0.3 is 0 Å². The maximum Gasteiger partial charge on any atom is 0.123 e. The number of ether oxygens (including phenoxy) is 1. The first kappa shape index (κ1) is 16.0. The Balaban J connectivity index is 1.46. The zero-order chi connectivity index (χ0) is 16.0. The third-order valence-electron chi connectivity index (χ3n) is 6.85. The maximum atomic E-state index is 5.52. The Morgan fingerprint density at radius 2 is 1.78 bits per heavy atom. The van der Waals surface area contributed by atoms with Crippen molar-refractivity contribution in [3.8, 4) is 5.75 Å². The Bertz CT molecular complexity index is 550. The molecule has 5 rings (SSSR count). The van der Waals surface area contributed by atoms with Crippen LogP contribution in [0.2, 0.25) is 0 Å². The summed E-state index contributed by atoms with van der Waals surface area (Å²) in [5, 5.41) is 3.86. The number of methoxy groups -OCH3 is 1. The largest absolute Gasteiger partial charge is 0.496 e. The van der Waals surface area contributed by atoms with Crippen molar-refractivity contribution in [2.45, 2.75) is 58.0 Å². The van der Waals surface area contributed by atoms with E-state index >= 15 is 0 Å². The molecule has 1 N–H and O–H groups in total. The molecule has 3 heteroatoms. The van der Waals surface area contributed by atoms with Crippen molar-refractivity contribution < 1.29 is 4.74 Å². The summed E-state index contributed by atoms with van der Waals surface area (Å²) in [6.07, 6.45) is 8.94. The molecule has 4 bridgehead atoms. The molecule has 4 saturated carbocycles. The van der Waals surface area contributed by atoms with E-state index in [4.69, 9.17) is 4.74 Å². The molecule has 0 aliphatic heterocycles. The van der Waals surface area contributed by atoms with Crippen molar-refractivity contribution in [3.63, 3.8) is 0 Å². The molecule has 1 aromatic rings. The van der Waals surface area contributed by atoms with Gasteiger partial charge in [-0.3, -0.25) is 0 Å². The van der Waals surface area contributed by atoms with E-state index in [0.717, 1.165) is 34.5 Å². The van der Waals surface area contributed by atoms with Crippen LogP contribution in [-0.2, 0) is 6.54 Å². The SMILES string of the molecule is COc1ccc(Br)cc1CNC(C)C12CC3CC(CC(C3)C1)C2. The van der Waals surface area contributed by atoms with Gasteiger partial charge in [0.15, 0.2) is 0 Å². The number of benzene rings is 1. The van der Waals surface area contributed by atoms with Crippen molar-refractivity contribution in [1.29, 1.82) is 0 Å². The Morgan fingerprint density at radius 1 is 1.17 bits per heavy atom. The van der Waals surface area contributed by atoms with Gasteiger partial charge in [-0.2, -0.15) is 0 Å². The van der Waals surface area contributed by atoms with Gasteiger partial charge in [-0.1, -0.05) is 15.9 Å². The van der Waals surface area contributed by atoms with Crippen molar-refractivity contribution in [3.05, 3.63) is 28.2 Å². The predicted octanol–water partition coefficient (Wildman–Crippen LogP) is 5.15. The molecule has 4 aliphatic rings. The summed E-state index contributed by atoms with van der Waals surface area (Å²) in [7, 11) is 1.76. The van der Waals surface area contributed by atoms with E-state index in [1.807, 2.05) is 6.07 Å². The third kappa shape index (κ3) is 2.95. The molecule has 23 heavy (non-hydrogen) atoms. The van der Waals surface area contributed by atoms with Gasteiger partial charge in [-0.15, -0.1) is 0 Å². The fourth-order valence-corrected chi connectivity index (χ4v) is 6.48. The Labute approximate surface area is 148 Å². The molecule has 0 heterocycles. The van der Waals surface area contributed by atoms with E-state index in [9.17, 15) is 0 Å². The number of halogens is 1. The van der Waals surface area contributed by atoms with Crippen LogP contribution in [0, 0.1) is 23.2 Å². The molecule has 0 saturated heterocycles. The van der Waals surface area contributed by atoms with Gasteiger partial charge in [0.25, 0.3) is 0 Å². The van der Waals surface area contributed by atoms with E-state index in [0.29, 0.717) is 11.5 Å². The van der Waals surface area contributed by atoms with Gasteiger partial charge in [-0.05, 0) is 86.8 Å². The smallest absolute Gasteiger partial charge is 0.123 e. The first-order chi connectivity index (χ1) is 11.1. The molecule has 2 nitrogen and oxygen atoms in total. The highest BCUT2D eigenvalue weighted by Gasteiger charge is 2.52. The quantitative estimate of drug-likeness (QED) is 0.765. The maximum absolute atomic E-state index is 5.52. The molecule has 0 aromatic heterocycles.